The number of benzene rings is 2. The summed E-state index contributed by atoms with van der Waals surface area (Å²) in [4.78, 5) is 42.0. The van der Waals surface area contributed by atoms with Gasteiger partial charge in [0.05, 0.1) is 28.1 Å². The van der Waals surface area contributed by atoms with E-state index in [0.29, 0.717) is 21.8 Å². The molecule has 2 aromatic heterocycles. The molecule has 9 heteroatoms. The minimum absolute atomic E-state index is 0.110. The summed E-state index contributed by atoms with van der Waals surface area (Å²) < 4.78 is 6.00. The first-order valence-electron chi connectivity index (χ1n) is 6.90. The van der Waals surface area contributed by atoms with Crippen LogP contribution in [0, 0.1) is 0 Å². The Kier molecular flexibility index (Phi) is 4.95. The molecule has 2 aromatic carbocycles. The molecule has 0 saturated carbocycles. The van der Waals surface area contributed by atoms with E-state index in [2.05, 4.69) is 51.2 Å². The van der Waals surface area contributed by atoms with Crippen LogP contribution in [0.15, 0.2) is 70.5 Å². The van der Waals surface area contributed by atoms with E-state index >= 15 is 0 Å². The van der Waals surface area contributed by atoms with Crippen molar-refractivity contribution >= 4 is 53.7 Å². The average Bonchev–Trinajstić information content (AvgIpc) is 2.57. The smallest absolute Gasteiger partial charge is 0.372 e. The Balaban J connectivity index is 0.000000146. The minimum atomic E-state index is -0.736. The lowest BCUT2D eigenvalue weighted by atomic mass is 10.2. The van der Waals surface area contributed by atoms with Crippen LogP contribution in [0.3, 0.4) is 0 Å². The number of nitrogens with one attached hydrogen (secondary N) is 2. The monoisotopic (exact) mass is 465 g/mol. The van der Waals surface area contributed by atoms with Crippen LogP contribution >= 0.6 is 31.9 Å². The van der Waals surface area contributed by atoms with Gasteiger partial charge in [0.25, 0.3) is 5.56 Å². The van der Waals surface area contributed by atoms with E-state index in [0.717, 1.165) is 8.95 Å². The van der Waals surface area contributed by atoms with Crippen molar-refractivity contribution in [3.63, 3.8) is 0 Å². The predicted molar refractivity (Wildman–Crippen MR) is 101 cm³/mol. The highest BCUT2D eigenvalue weighted by atomic mass is 79.9. The quantitative estimate of drug-likeness (QED) is 0.414. The predicted octanol–water partition coefficient (Wildman–Crippen LogP) is 2.93. The van der Waals surface area contributed by atoms with Gasteiger partial charge in [-0.3, -0.25) is 9.78 Å². The Hall–Kier alpha value is -2.52. The van der Waals surface area contributed by atoms with Crippen LogP contribution in [-0.2, 0) is 0 Å². The van der Waals surface area contributed by atoms with Crippen molar-refractivity contribution in [1.82, 2.24) is 15.0 Å². The summed E-state index contributed by atoms with van der Waals surface area (Å²) in [5.41, 5.74) is 0.452. The summed E-state index contributed by atoms with van der Waals surface area (Å²) in [7, 11) is 0. The molecule has 25 heavy (non-hydrogen) atoms. The van der Waals surface area contributed by atoms with Crippen LogP contribution in [0.1, 0.15) is 0 Å². The fraction of sp³-hybridized carbons (Fsp3) is 0. The Morgan fingerprint density at radius 3 is 2.36 bits per heavy atom. The molecule has 0 aliphatic rings. The van der Waals surface area contributed by atoms with Crippen molar-refractivity contribution in [2.75, 3.05) is 0 Å². The van der Waals surface area contributed by atoms with Gasteiger partial charge in [-0.25, -0.2) is 14.6 Å². The van der Waals surface area contributed by atoms with Gasteiger partial charge in [-0.2, -0.15) is 0 Å². The zero-order valence-electron chi connectivity index (χ0n) is 12.4. The lowest BCUT2D eigenvalue weighted by molar-refractivity contribution is 0.460. The molecule has 0 amide bonds. The Morgan fingerprint density at radius 2 is 1.60 bits per heavy atom. The van der Waals surface area contributed by atoms with Crippen LogP contribution in [0.25, 0.3) is 21.8 Å². The maximum absolute atomic E-state index is 11.2. The van der Waals surface area contributed by atoms with Gasteiger partial charge < -0.3 is 9.40 Å². The van der Waals surface area contributed by atoms with E-state index in [4.69, 9.17) is 0 Å². The van der Waals surface area contributed by atoms with Crippen LogP contribution in [0.2, 0.25) is 0 Å². The van der Waals surface area contributed by atoms with Gasteiger partial charge in [-0.1, -0.05) is 31.9 Å². The number of aromatic nitrogens is 3. The Bertz CT molecular complexity index is 1240. The van der Waals surface area contributed by atoms with Crippen LogP contribution in [-0.4, -0.2) is 15.0 Å². The molecule has 4 rings (SSSR count). The molecule has 0 bridgehead atoms. The highest BCUT2D eigenvalue weighted by Gasteiger charge is 2.02. The molecular weight excluding hydrogens is 458 g/mol. The molecule has 0 aliphatic heterocycles. The molecule has 0 saturated heterocycles. The van der Waals surface area contributed by atoms with Gasteiger partial charge >= 0.3 is 11.4 Å². The van der Waals surface area contributed by atoms with E-state index in [1.54, 1.807) is 30.3 Å². The van der Waals surface area contributed by atoms with Crippen LogP contribution in [0.5, 0.6) is 0 Å². The third-order valence-corrected chi connectivity index (χ3v) is 4.21. The second-order valence-electron chi connectivity index (χ2n) is 4.89. The topological polar surface area (TPSA) is 109 Å². The second kappa shape index (κ2) is 7.16. The third kappa shape index (κ3) is 3.94. The van der Waals surface area contributed by atoms with Crippen molar-refractivity contribution < 1.29 is 4.42 Å². The molecule has 0 aliphatic carbocycles. The van der Waals surface area contributed by atoms with E-state index in [9.17, 15) is 14.4 Å². The number of H-pyrrole nitrogens is 2. The molecule has 0 radical (unpaired) electrons. The molecule has 0 unspecified atom stereocenters. The summed E-state index contributed by atoms with van der Waals surface area (Å²) in [5, 5.41) is 0.959. The van der Waals surface area contributed by atoms with E-state index in [1.807, 2.05) is 6.07 Å². The first-order valence-corrected chi connectivity index (χ1v) is 8.48. The largest absolute Gasteiger partial charge is 0.419 e. The second-order valence-corrected chi connectivity index (χ2v) is 6.72. The normalized spacial score (nSPS) is 10.5. The van der Waals surface area contributed by atoms with Gasteiger partial charge in [-0.15, -0.1) is 0 Å². The van der Waals surface area contributed by atoms with Crippen molar-refractivity contribution in [3.05, 3.63) is 83.0 Å². The highest BCUT2D eigenvalue weighted by molar-refractivity contribution is 9.10. The molecule has 0 atom stereocenters. The van der Waals surface area contributed by atoms with Gasteiger partial charge in [0.2, 0.25) is 0 Å². The molecule has 4 aromatic rings. The number of rotatable bonds is 0. The maximum Gasteiger partial charge on any atom is 0.419 e. The number of hydrogen-bond donors (Lipinski definition) is 2. The molecule has 0 spiro atoms. The van der Waals surface area contributed by atoms with Gasteiger partial charge in [0, 0.05) is 8.95 Å². The summed E-state index contributed by atoms with van der Waals surface area (Å²) in [6.45, 7) is 0. The fourth-order valence-corrected chi connectivity index (χ4v) is 2.83. The first kappa shape index (κ1) is 17.3. The van der Waals surface area contributed by atoms with E-state index in [1.165, 1.54) is 6.33 Å². The molecule has 126 valence electrons. The number of halogens is 2. The minimum Gasteiger partial charge on any atom is -0.372 e. The first-order chi connectivity index (χ1) is 11.9. The summed E-state index contributed by atoms with van der Waals surface area (Å²) in [6.07, 6.45) is 1.40. The summed E-state index contributed by atoms with van der Waals surface area (Å²) in [5.74, 6) is -0.736. The van der Waals surface area contributed by atoms with Gasteiger partial charge in [0.15, 0.2) is 0 Å². The lowest BCUT2D eigenvalue weighted by Gasteiger charge is -1.94. The average molecular weight is 467 g/mol. The number of hydrogen-bond acceptors (Lipinski definition) is 5. The van der Waals surface area contributed by atoms with Crippen molar-refractivity contribution in [2.45, 2.75) is 0 Å². The third-order valence-electron chi connectivity index (χ3n) is 3.23. The maximum atomic E-state index is 11.2. The molecule has 0 fully saturated rings. The molecule has 2 N–H and O–H groups in total. The zero-order chi connectivity index (χ0) is 18.0. The van der Waals surface area contributed by atoms with Crippen molar-refractivity contribution in [3.8, 4) is 0 Å². The van der Waals surface area contributed by atoms with E-state index in [-0.39, 0.29) is 5.56 Å². The summed E-state index contributed by atoms with van der Waals surface area (Å²) >= 11 is 6.50. The highest BCUT2D eigenvalue weighted by Crippen LogP contribution is 2.14. The Morgan fingerprint density at radius 1 is 0.920 bits per heavy atom. The summed E-state index contributed by atoms with van der Waals surface area (Å²) in [6, 6.07) is 10.4. The van der Waals surface area contributed by atoms with Crippen molar-refractivity contribution in [1.29, 1.82) is 0 Å². The van der Waals surface area contributed by atoms with E-state index < -0.39 is 11.4 Å². The lowest BCUT2D eigenvalue weighted by Crippen LogP contribution is -2.14. The number of nitrogens with zero attached hydrogens (tertiary/aromatic N) is 1. The standard InChI is InChI=1S/C8H5BrN2O.C8H4BrNO3/c9-5-1-2-7-6(3-5)8(12)11-4-10-7;9-4-1-2-6-5(3-4)7(11)13-8(12)10-6/h1-4H,(H,10,11,12);1-3H,(H,10,12). The molecular formula is C16H9Br2N3O4. The Labute approximate surface area is 156 Å². The van der Waals surface area contributed by atoms with Gasteiger partial charge in [-0.05, 0) is 36.4 Å². The fourth-order valence-electron chi connectivity index (χ4n) is 2.11. The van der Waals surface area contributed by atoms with Gasteiger partial charge in [0.1, 0.15) is 0 Å². The molecule has 2 heterocycles. The zero-order valence-corrected chi connectivity index (χ0v) is 15.5. The molecule has 7 nitrogen and oxygen atoms in total. The number of fused-ring (bicyclic) bond motifs is 2. The van der Waals surface area contributed by atoms with Crippen molar-refractivity contribution in [2.24, 2.45) is 0 Å². The van der Waals surface area contributed by atoms with Crippen LogP contribution in [0.4, 0.5) is 0 Å². The van der Waals surface area contributed by atoms with Crippen LogP contribution < -0.4 is 16.9 Å². The number of aromatic amines is 2. The SMILES string of the molecule is O=c1[nH]c2ccc(Br)cc2c(=O)o1.O=c1[nH]cnc2ccc(Br)cc12.